The lowest BCUT2D eigenvalue weighted by Gasteiger charge is -2.23. The Bertz CT molecular complexity index is 412. The molecular weight excluding hydrogens is 236 g/mol. The molecule has 0 aromatic heterocycles. The van der Waals surface area contributed by atoms with E-state index in [0.29, 0.717) is 23.1 Å². The second-order valence-electron chi connectivity index (χ2n) is 4.22. The Balaban J connectivity index is 2.94. The Morgan fingerprint density at radius 2 is 2.18 bits per heavy atom. The molecule has 0 aliphatic carbocycles. The van der Waals surface area contributed by atoms with Crippen molar-refractivity contribution in [2.45, 2.75) is 19.9 Å². The zero-order chi connectivity index (χ0) is 12.8. The Morgan fingerprint density at radius 1 is 1.47 bits per heavy atom. The van der Waals surface area contributed by atoms with Gasteiger partial charge in [-0.15, -0.1) is 0 Å². The largest absolute Gasteiger partial charge is 0.383 e. The molecule has 0 aliphatic heterocycles. The van der Waals surface area contributed by atoms with Crippen LogP contribution in [0, 0.1) is 17.2 Å². The fourth-order valence-corrected chi connectivity index (χ4v) is 1.75. The van der Waals surface area contributed by atoms with Crippen molar-refractivity contribution in [2.24, 2.45) is 5.92 Å². The van der Waals surface area contributed by atoms with Gasteiger partial charge in [0, 0.05) is 7.11 Å². The maximum absolute atomic E-state index is 9.07. The van der Waals surface area contributed by atoms with Crippen molar-refractivity contribution < 1.29 is 4.74 Å². The molecule has 0 radical (unpaired) electrons. The van der Waals surface area contributed by atoms with Gasteiger partial charge in [0.25, 0.3) is 0 Å². The maximum atomic E-state index is 9.07. The second-order valence-corrected chi connectivity index (χ2v) is 4.63. The van der Waals surface area contributed by atoms with E-state index in [-0.39, 0.29) is 6.04 Å². The summed E-state index contributed by atoms with van der Waals surface area (Å²) in [4.78, 5) is 0. The number of rotatable bonds is 5. The molecule has 0 amide bonds. The fourth-order valence-electron chi connectivity index (χ4n) is 1.54. The highest BCUT2D eigenvalue weighted by Crippen LogP contribution is 2.24. The average molecular weight is 253 g/mol. The molecule has 3 nitrogen and oxygen atoms in total. The SMILES string of the molecule is COCC(Nc1cccc(Cl)c1C#N)C(C)C. The molecule has 0 aliphatic rings. The normalized spacial score (nSPS) is 12.2. The molecule has 1 aromatic rings. The summed E-state index contributed by atoms with van der Waals surface area (Å²) in [7, 11) is 1.67. The Labute approximate surface area is 107 Å². The highest BCUT2D eigenvalue weighted by atomic mass is 35.5. The van der Waals surface area contributed by atoms with Gasteiger partial charge in [-0.3, -0.25) is 0 Å². The van der Waals surface area contributed by atoms with Crippen molar-refractivity contribution in [3.63, 3.8) is 0 Å². The van der Waals surface area contributed by atoms with E-state index in [2.05, 4.69) is 25.2 Å². The van der Waals surface area contributed by atoms with Gasteiger partial charge in [-0.25, -0.2) is 0 Å². The summed E-state index contributed by atoms with van der Waals surface area (Å²) < 4.78 is 5.16. The predicted octanol–water partition coefficient (Wildman–Crippen LogP) is 3.29. The molecule has 1 unspecified atom stereocenters. The molecule has 1 N–H and O–H groups in total. The van der Waals surface area contributed by atoms with Crippen LogP contribution in [0.25, 0.3) is 0 Å². The Kier molecular flexibility index (Phi) is 5.27. The minimum atomic E-state index is 0.158. The number of anilines is 1. The summed E-state index contributed by atoms with van der Waals surface area (Å²) in [6.45, 7) is 4.80. The second kappa shape index (κ2) is 6.48. The molecule has 0 heterocycles. The van der Waals surface area contributed by atoms with Crippen molar-refractivity contribution in [3.05, 3.63) is 28.8 Å². The van der Waals surface area contributed by atoms with Crippen molar-refractivity contribution in [1.29, 1.82) is 5.26 Å². The zero-order valence-corrected chi connectivity index (χ0v) is 11.1. The topological polar surface area (TPSA) is 45.0 Å². The van der Waals surface area contributed by atoms with E-state index in [1.165, 1.54) is 0 Å². The van der Waals surface area contributed by atoms with Gasteiger partial charge >= 0.3 is 0 Å². The lowest BCUT2D eigenvalue weighted by molar-refractivity contribution is 0.171. The van der Waals surface area contributed by atoms with E-state index in [0.717, 1.165) is 5.69 Å². The predicted molar refractivity (Wildman–Crippen MR) is 70.3 cm³/mol. The Hall–Kier alpha value is -1.24. The van der Waals surface area contributed by atoms with E-state index in [4.69, 9.17) is 21.6 Å². The van der Waals surface area contributed by atoms with Gasteiger partial charge < -0.3 is 10.1 Å². The molecule has 0 fully saturated rings. The molecule has 1 atom stereocenters. The minimum absolute atomic E-state index is 0.158. The highest BCUT2D eigenvalue weighted by Gasteiger charge is 2.15. The van der Waals surface area contributed by atoms with Crippen LogP contribution in [0.4, 0.5) is 5.69 Å². The van der Waals surface area contributed by atoms with Crippen LogP contribution in [0.15, 0.2) is 18.2 Å². The van der Waals surface area contributed by atoms with Gasteiger partial charge in [0.2, 0.25) is 0 Å². The van der Waals surface area contributed by atoms with Gasteiger partial charge in [0.1, 0.15) is 6.07 Å². The number of hydrogen-bond donors (Lipinski definition) is 1. The van der Waals surface area contributed by atoms with Crippen LogP contribution in [0.3, 0.4) is 0 Å². The van der Waals surface area contributed by atoms with Crippen LogP contribution in [0.5, 0.6) is 0 Å². The van der Waals surface area contributed by atoms with Crippen LogP contribution >= 0.6 is 11.6 Å². The number of halogens is 1. The average Bonchev–Trinajstić information content (AvgIpc) is 2.28. The van der Waals surface area contributed by atoms with Crippen molar-refractivity contribution in [2.75, 3.05) is 19.0 Å². The number of ether oxygens (including phenoxy) is 1. The van der Waals surface area contributed by atoms with Crippen molar-refractivity contribution in [3.8, 4) is 6.07 Å². The first-order chi connectivity index (χ1) is 8.10. The summed E-state index contributed by atoms with van der Waals surface area (Å²) >= 11 is 5.98. The van der Waals surface area contributed by atoms with Gasteiger partial charge in [-0.1, -0.05) is 31.5 Å². The van der Waals surface area contributed by atoms with E-state index < -0.39 is 0 Å². The lowest BCUT2D eigenvalue weighted by Crippen LogP contribution is -2.30. The van der Waals surface area contributed by atoms with Gasteiger partial charge in [0.15, 0.2) is 0 Å². The summed E-state index contributed by atoms with van der Waals surface area (Å²) in [5, 5.41) is 12.9. The standard InChI is InChI=1S/C13H17ClN2O/c1-9(2)13(8-17-3)16-12-6-4-5-11(14)10(12)7-15/h4-6,9,13,16H,8H2,1-3H3. The van der Waals surface area contributed by atoms with Crippen LogP contribution in [-0.4, -0.2) is 19.8 Å². The third kappa shape index (κ3) is 3.62. The fraction of sp³-hybridized carbons (Fsp3) is 0.462. The monoisotopic (exact) mass is 252 g/mol. The van der Waals surface area contributed by atoms with Crippen molar-refractivity contribution in [1.82, 2.24) is 0 Å². The number of nitrogens with one attached hydrogen (secondary N) is 1. The summed E-state index contributed by atoms with van der Waals surface area (Å²) in [5.74, 6) is 0.403. The smallest absolute Gasteiger partial charge is 0.103 e. The van der Waals surface area contributed by atoms with E-state index in [1.54, 1.807) is 13.2 Å². The van der Waals surface area contributed by atoms with Crippen LogP contribution in [0.2, 0.25) is 5.02 Å². The first kappa shape index (κ1) is 13.8. The summed E-state index contributed by atoms with van der Waals surface area (Å²) in [6.07, 6.45) is 0. The number of hydrogen-bond acceptors (Lipinski definition) is 3. The number of nitriles is 1. The maximum Gasteiger partial charge on any atom is 0.103 e. The zero-order valence-electron chi connectivity index (χ0n) is 10.3. The molecule has 0 saturated carbocycles. The van der Waals surface area contributed by atoms with Gasteiger partial charge in [0.05, 0.1) is 28.9 Å². The molecule has 92 valence electrons. The molecule has 0 bridgehead atoms. The molecule has 0 spiro atoms. The number of nitrogens with zero attached hydrogens (tertiary/aromatic N) is 1. The summed E-state index contributed by atoms with van der Waals surface area (Å²) in [5.41, 5.74) is 1.24. The van der Waals surface area contributed by atoms with E-state index >= 15 is 0 Å². The van der Waals surface area contributed by atoms with Crippen molar-refractivity contribution >= 4 is 17.3 Å². The lowest BCUT2D eigenvalue weighted by atomic mass is 10.0. The molecule has 4 heteroatoms. The molecule has 1 rings (SSSR count). The Morgan fingerprint density at radius 3 is 2.71 bits per heavy atom. The quantitative estimate of drug-likeness (QED) is 0.875. The third-order valence-corrected chi connectivity index (χ3v) is 2.93. The first-order valence-electron chi connectivity index (χ1n) is 5.54. The minimum Gasteiger partial charge on any atom is -0.383 e. The number of methoxy groups -OCH3 is 1. The summed E-state index contributed by atoms with van der Waals surface area (Å²) in [6, 6.07) is 7.67. The highest BCUT2D eigenvalue weighted by molar-refractivity contribution is 6.32. The van der Waals surface area contributed by atoms with E-state index in [1.807, 2.05) is 12.1 Å². The van der Waals surface area contributed by atoms with Crippen LogP contribution in [-0.2, 0) is 4.74 Å². The van der Waals surface area contributed by atoms with Gasteiger partial charge in [-0.2, -0.15) is 5.26 Å². The van der Waals surface area contributed by atoms with Crippen LogP contribution < -0.4 is 5.32 Å². The van der Waals surface area contributed by atoms with Gasteiger partial charge in [-0.05, 0) is 18.1 Å². The molecule has 1 aromatic carbocycles. The molecule has 0 saturated heterocycles. The van der Waals surface area contributed by atoms with Crippen LogP contribution in [0.1, 0.15) is 19.4 Å². The number of benzene rings is 1. The van der Waals surface area contributed by atoms with E-state index in [9.17, 15) is 0 Å². The molecule has 17 heavy (non-hydrogen) atoms. The third-order valence-electron chi connectivity index (χ3n) is 2.62. The first-order valence-corrected chi connectivity index (χ1v) is 5.92. The molecular formula is C13H17ClN2O.